The molecule has 0 saturated heterocycles. The van der Waals surface area contributed by atoms with Crippen LogP contribution in [-0.4, -0.2) is 27.9 Å². The van der Waals surface area contributed by atoms with Crippen molar-refractivity contribution in [3.63, 3.8) is 0 Å². The van der Waals surface area contributed by atoms with E-state index in [1.807, 2.05) is 0 Å². The number of hydrogen-bond acceptors (Lipinski definition) is 3. The van der Waals surface area contributed by atoms with Crippen molar-refractivity contribution in [2.75, 3.05) is 7.05 Å². The fourth-order valence-electron chi connectivity index (χ4n) is 0.960. The van der Waals surface area contributed by atoms with Gasteiger partial charge in [-0.1, -0.05) is 18.6 Å². The number of nitrogens with one attached hydrogen (secondary N) is 1. The van der Waals surface area contributed by atoms with Gasteiger partial charge in [0.2, 0.25) is 0 Å². The molecular weight excluding hydrogens is 168 g/mol. The van der Waals surface area contributed by atoms with Gasteiger partial charge in [-0.25, -0.2) is 0 Å². The van der Waals surface area contributed by atoms with Crippen molar-refractivity contribution in [3.8, 4) is 0 Å². The molecule has 0 aromatic carbocycles. The van der Waals surface area contributed by atoms with Gasteiger partial charge in [0, 0.05) is 13.6 Å². The van der Waals surface area contributed by atoms with Crippen LogP contribution >= 0.6 is 0 Å². The van der Waals surface area contributed by atoms with Crippen molar-refractivity contribution >= 4 is 5.91 Å². The monoisotopic (exact) mass is 182 g/mol. The first kappa shape index (κ1) is 9.70. The van der Waals surface area contributed by atoms with Crippen LogP contribution in [0.3, 0.4) is 0 Å². The van der Waals surface area contributed by atoms with Crippen molar-refractivity contribution in [2.24, 2.45) is 0 Å². The predicted octanol–water partition coefficient (Wildman–Crippen LogP) is 0.438. The van der Waals surface area contributed by atoms with Gasteiger partial charge in [0.1, 0.15) is 0 Å². The van der Waals surface area contributed by atoms with Gasteiger partial charge in [0.05, 0.1) is 6.20 Å². The maximum Gasteiger partial charge on any atom is 0.273 e. The third-order valence-corrected chi connectivity index (χ3v) is 1.74. The maximum absolute atomic E-state index is 11.1. The van der Waals surface area contributed by atoms with E-state index in [-0.39, 0.29) is 5.91 Å². The molecule has 1 rings (SSSR count). The van der Waals surface area contributed by atoms with Gasteiger partial charge in [-0.15, -0.1) is 5.10 Å². The Kier molecular flexibility index (Phi) is 3.42. The average molecular weight is 182 g/mol. The van der Waals surface area contributed by atoms with Gasteiger partial charge in [-0.05, 0) is 6.42 Å². The molecule has 1 heterocycles. The van der Waals surface area contributed by atoms with Gasteiger partial charge in [-0.3, -0.25) is 9.48 Å². The van der Waals surface area contributed by atoms with Gasteiger partial charge in [0.25, 0.3) is 5.91 Å². The van der Waals surface area contributed by atoms with E-state index in [1.165, 1.54) is 0 Å². The normalized spacial score (nSPS) is 10.0. The quantitative estimate of drug-likeness (QED) is 0.735. The Bertz CT molecular complexity index is 281. The molecule has 5 nitrogen and oxygen atoms in total. The Hall–Kier alpha value is -1.39. The van der Waals surface area contributed by atoms with E-state index in [4.69, 9.17) is 0 Å². The highest BCUT2D eigenvalue weighted by Crippen LogP contribution is 1.96. The minimum Gasteiger partial charge on any atom is -0.354 e. The van der Waals surface area contributed by atoms with E-state index >= 15 is 0 Å². The molecule has 0 spiro atoms. The van der Waals surface area contributed by atoms with E-state index < -0.39 is 0 Å². The van der Waals surface area contributed by atoms with Gasteiger partial charge < -0.3 is 5.32 Å². The Morgan fingerprint density at radius 1 is 1.69 bits per heavy atom. The van der Waals surface area contributed by atoms with E-state index in [0.29, 0.717) is 5.69 Å². The van der Waals surface area contributed by atoms with Gasteiger partial charge >= 0.3 is 0 Å². The highest BCUT2D eigenvalue weighted by Gasteiger charge is 2.07. The highest BCUT2D eigenvalue weighted by atomic mass is 16.1. The Morgan fingerprint density at radius 2 is 2.46 bits per heavy atom. The molecule has 0 saturated carbocycles. The molecule has 0 bridgehead atoms. The van der Waals surface area contributed by atoms with E-state index in [1.54, 1.807) is 17.9 Å². The Labute approximate surface area is 77.1 Å². The van der Waals surface area contributed by atoms with Gasteiger partial charge in [-0.2, -0.15) is 0 Å². The molecular formula is C8H14N4O. The lowest BCUT2D eigenvalue weighted by molar-refractivity contribution is 0.0958. The lowest BCUT2D eigenvalue weighted by Gasteiger charge is -1.95. The molecule has 0 radical (unpaired) electrons. The molecule has 1 N–H and O–H groups in total. The number of amides is 1. The number of rotatable bonds is 4. The first-order valence-corrected chi connectivity index (χ1v) is 4.40. The van der Waals surface area contributed by atoms with E-state index in [0.717, 1.165) is 19.4 Å². The smallest absolute Gasteiger partial charge is 0.273 e. The third-order valence-electron chi connectivity index (χ3n) is 1.74. The largest absolute Gasteiger partial charge is 0.354 e. The lowest BCUT2D eigenvalue weighted by Crippen LogP contribution is -2.18. The third kappa shape index (κ3) is 2.54. The minimum atomic E-state index is -0.192. The van der Waals surface area contributed by atoms with Crippen LogP contribution < -0.4 is 5.32 Å². The number of aromatic nitrogens is 3. The summed E-state index contributed by atoms with van der Waals surface area (Å²) in [4.78, 5) is 11.1. The van der Waals surface area contributed by atoms with Crippen molar-refractivity contribution in [1.29, 1.82) is 0 Å². The van der Waals surface area contributed by atoms with Crippen molar-refractivity contribution in [1.82, 2.24) is 20.3 Å². The van der Waals surface area contributed by atoms with Crippen LogP contribution in [0.5, 0.6) is 0 Å². The lowest BCUT2D eigenvalue weighted by atomic mass is 10.3. The van der Waals surface area contributed by atoms with E-state index in [2.05, 4.69) is 22.6 Å². The summed E-state index contributed by atoms with van der Waals surface area (Å²) >= 11 is 0. The average Bonchev–Trinajstić information content (AvgIpc) is 2.62. The minimum absolute atomic E-state index is 0.192. The standard InChI is InChI=1S/C8H14N4O/c1-3-4-5-12-6-7(10-11-12)8(13)9-2/h6H,3-5H2,1-2H3,(H,9,13). The van der Waals surface area contributed by atoms with Crippen molar-refractivity contribution < 1.29 is 4.79 Å². The number of carbonyl (C=O) groups is 1. The zero-order valence-corrected chi connectivity index (χ0v) is 7.95. The number of unbranched alkanes of at least 4 members (excludes halogenated alkanes) is 1. The summed E-state index contributed by atoms with van der Waals surface area (Å²) in [6.45, 7) is 2.93. The molecule has 5 heteroatoms. The second-order valence-corrected chi connectivity index (χ2v) is 2.80. The molecule has 0 aliphatic carbocycles. The summed E-state index contributed by atoms with van der Waals surface area (Å²) in [5, 5.41) is 10.1. The van der Waals surface area contributed by atoms with Crippen molar-refractivity contribution in [2.45, 2.75) is 26.3 Å². The molecule has 0 aliphatic heterocycles. The SMILES string of the molecule is CCCCn1cc(C(=O)NC)nn1. The Morgan fingerprint density at radius 3 is 3.08 bits per heavy atom. The van der Waals surface area contributed by atoms with Gasteiger partial charge in [0.15, 0.2) is 5.69 Å². The number of carbonyl (C=O) groups excluding carboxylic acids is 1. The van der Waals surface area contributed by atoms with Crippen LogP contribution in [0.15, 0.2) is 6.20 Å². The molecule has 1 aromatic rings. The zero-order chi connectivity index (χ0) is 9.68. The van der Waals surface area contributed by atoms with E-state index in [9.17, 15) is 4.79 Å². The first-order valence-electron chi connectivity index (χ1n) is 4.40. The second-order valence-electron chi connectivity index (χ2n) is 2.80. The number of aryl methyl sites for hydroxylation is 1. The zero-order valence-electron chi connectivity index (χ0n) is 7.95. The molecule has 72 valence electrons. The van der Waals surface area contributed by atoms with Crippen molar-refractivity contribution in [3.05, 3.63) is 11.9 Å². The molecule has 0 atom stereocenters. The van der Waals surface area contributed by atoms with Crippen LogP contribution in [0.1, 0.15) is 30.3 Å². The van der Waals surface area contributed by atoms with Crippen LogP contribution in [0, 0.1) is 0 Å². The summed E-state index contributed by atoms with van der Waals surface area (Å²) in [6.07, 6.45) is 3.82. The Balaban J connectivity index is 2.58. The first-order chi connectivity index (χ1) is 6.27. The summed E-state index contributed by atoms with van der Waals surface area (Å²) < 4.78 is 1.69. The molecule has 0 fully saturated rings. The topological polar surface area (TPSA) is 59.8 Å². The van der Waals surface area contributed by atoms with Crippen LogP contribution in [0.25, 0.3) is 0 Å². The molecule has 0 aliphatic rings. The summed E-state index contributed by atoms with van der Waals surface area (Å²) in [6, 6.07) is 0. The van der Waals surface area contributed by atoms with Crippen LogP contribution in [-0.2, 0) is 6.54 Å². The predicted molar refractivity (Wildman–Crippen MR) is 48.3 cm³/mol. The van der Waals surface area contributed by atoms with Crippen LogP contribution in [0.4, 0.5) is 0 Å². The van der Waals surface area contributed by atoms with Crippen LogP contribution in [0.2, 0.25) is 0 Å². The fourth-order valence-corrected chi connectivity index (χ4v) is 0.960. The molecule has 1 aromatic heterocycles. The molecule has 13 heavy (non-hydrogen) atoms. The number of nitrogens with zero attached hydrogens (tertiary/aromatic N) is 3. The summed E-state index contributed by atoms with van der Waals surface area (Å²) in [5.74, 6) is -0.192. The second kappa shape index (κ2) is 4.59. The molecule has 0 unspecified atom stereocenters. The summed E-state index contributed by atoms with van der Waals surface area (Å²) in [7, 11) is 1.58. The number of hydrogen-bond donors (Lipinski definition) is 1. The highest BCUT2D eigenvalue weighted by molar-refractivity contribution is 5.91. The molecule has 1 amide bonds. The fraction of sp³-hybridized carbons (Fsp3) is 0.625. The summed E-state index contributed by atoms with van der Waals surface area (Å²) in [5.41, 5.74) is 0.374. The maximum atomic E-state index is 11.1.